The van der Waals surface area contributed by atoms with E-state index >= 15 is 0 Å². The van der Waals surface area contributed by atoms with Gasteiger partial charge in [0.2, 0.25) is 0 Å². The minimum atomic E-state index is -4.05. The van der Waals surface area contributed by atoms with Crippen LogP contribution in [-0.2, 0) is 16.4 Å². The van der Waals surface area contributed by atoms with Crippen LogP contribution in [0.3, 0.4) is 0 Å². The number of amides is 2. The number of imidazole rings is 1. The number of carbonyl (C=O) groups is 1. The highest BCUT2D eigenvalue weighted by atomic mass is 32.2. The number of hydrogen-bond donors (Lipinski definition) is 2. The van der Waals surface area contributed by atoms with E-state index in [2.05, 4.69) is 15.0 Å². The minimum Gasteiger partial charge on any atom is -0.497 e. The molecular weight excluding hydrogens is 476 g/mol. The Morgan fingerprint density at radius 3 is 2.53 bits per heavy atom. The fourth-order valence-corrected chi connectivity index (χ4v) is 5.16. The van der Waals surface area contributed by atoms with Gasteiger partial charge in [-0.25, -0.2) is 22.9 Å². The van der Waals surface area contributed by atoms with Crippen LogP contribution in [-0.4, -0.2) is 31.1 Å². The monoisotopic (exact) mass is 504 g/mol. The number of aryl methyl sites for hydroxylation is 2. The summed E-state index contributed by atoms with van der Waals surface area (Å²) in [6.07, 6.45) is 4.60. The molecule has 9 heteroatoms. The molecule has 4 rings (SSSR count). The molecule has 0 saturated heterocycles. The van der Waals surface area contributed by atoms with Crippen LogP contribution in [0.2, 0.25) is 0 Å². The lowest BCUT2D eigenvalue weighted by Gasteiger charge is -2.21. The molecule has 1 heterocycles. The second-order valence-electron chi connectivity index (χ2n) is 8.28. The van der Waals surface area contributed by atoms with Crippen LogP contribution in [0.4, 0.5) is 4.79 Å². The van der Waals surface area contributed by atoms with E-state index in [1.54, 1.807) is 44.6 Å². The molecule has 186 valence electrons. The van der Waals surface area contributed by atoms with Crippen molar-refractivity contribution >= 4 is 16.1 Å². The van der Waals surface area contributed by atoms with Crippen molar-refractivity contribution in [3.63, 3.8) is 0 Å². The number of carbonyl (C=O) groups excluding carboxylic acids is 1. The smallest absolute Gasteiger partial charge is 0.329 e. The van der Waals surface area contributed by atoms with Crippen LogP contribution < -0.4 is 14.8 Å². The van der Waals surface area contributed by atoms with E-state index in [1.165, 1.54) is 6.07 Å². The van der Waals surface area contributed by atoms with Gasteiger partial charge in [0.05, 0.1) is 23.7 Å². The number of aromatic nitrogens is 2. The highest BCUT2D eigenvalue weighted by molar-refractivity contribution is 7.90. The first kappa shape index (κ1) is 25.0. The first-order valence-corrected chi connectivity index (χ1v) is 13.0. The lowest BCUT2D eigenvalue weighted by Crippen LogP contribution is -2.42. The molecule has 36 heavy (non-hydrogen) atoms. The van der Waals surface area contributed by atoms with E-state index in [-0.39, 0.29) is 4.90 Å². The lowest BCUT2D eigenvalue weighted by molar-refractivity contribution is 0.240. The number of urea groups is 1. The molecule has 0 aliphatic rings. The Balaban J connectivity index is 1.61. The first-order chi connectivity index (χ1) is 17.4. The van der Waals surface area contributed by atoms with Crippen LogP contribution in [0.15, 0.2) is 96.2 Å². The summed E-state index contributed by atoms with van der Waals surface area (Å²) >= 11 is 0. The molecule has 8 nitrogen and oxygen atoms in total. The number of rotatable bonds is 9. The lowest BCUT2D eigenvalue weighted by atomic mass is 10.0. The van der Waals surface area contributed by atoms with E-state index in [1.807, 2.05) is 59.2 Å². The number of methoxy groups -OCH3 is 1. The zero-order chi connectivity index (χ0) is 25.5. The van der Waals surface area contributed by atoms with Gasteiger partial charge in [-0.1, -0.05) is 54.6 Å². The molecule has 0 fully saturated rings. The summed E-state index contributed by atoms with van der Waals surface area (Å²) in [5.74, 6) is 1.26. The maximum atomic E-state index is 13.0. The number of hydrogen-bond acceptors (Lipinski definition) is 5. The van der Waals surface area contributed by atoms with Gasteiger partial charge in [-0.2, -0.15) is 0 Å². The quantitative estimate of drug-likeness (QED) is 0.348. The molecule has 1 aromatic heterocycles. The summed E-state index contributed by atoms with van der Waals surface area (Å²) in [6, 6.07) is 22.5. The number of ether oxygens (including phenoxy) is 1. The second kappa shape index (κ2) is 11.1. The van der Waals surface area contributed by atoms with Gasteiger partial charge in [-0.3, -0.25) is 0 Å². The molecule has 0 aliphatic heterocycles. The summed E-state index contributed by atoms with van der Waals surface area (Å²) in [5, 5.41) is 2.83. The number of benzene rings is 3. The Kier molecular flexibility index (Phi) is 7.70. The summed E-state index contributed by atoms with van der Waals surface area (Å²) in [4.78, 5) is 17.5. The van der Waals surface area contributed by atoms with Crippen LogP contribution in [0.25, 0.3) is 5.69 Å². The SMILES string of the molecule is COc1cccc(-n2ccnc2[C@H](CCc2ccccc2)NC(=O)NS(=O)(=O)c2ccccc2C)c1. The van der Waals surface area contributed by atoms with Crippen molar-refractivity contribution in [2.75, 3.05) is 7.11 Å². The van der Waals surface area contributed by atoms with E-state index in [9.17, 15) is 13.2 Å². The van der Waals surface area contributed by atoms with Gasteiger partial charge in [0.25, 0.3) is 10.0 Å². The van der Waals surface area contributed by atoms with Crippen molar-refractivity contribution in [3.8, 4) is 11.4 Å². The topological polar surface area (TPSA) is 102 Å². The molecule has 1 atom stereocenters. The Morgan fingerprint density at radius 1 is 1.03 bits per heavy atom. The van der Waals surface area contributed by atoms with E-state index < -0.39 is 22.1 Å². The fraction of sp³-hybridized carbons (Fsp3) is 0.185. The number of nitrogens with one attached hydrogen (secondary N) is 2. The summed E-state index contributed by atoms with van der Waals surface area (Å²) in [7, 11) is -2.45. The molecule has 0 aliphatic carbocycles. The van der Waals surface area contributed by atoms with Crippen molar-refractivity contribution in [1.29, 1.82) is 0 Å². The predicted molar refractivity (Wildman–Crippen MR) is 138 cm³/mol. The molecular formula is C27H28N4O4S. The van der Waals surface area contributed by atoms with Crippen LogP contribution in [0, 0.1) is 6.92 Å². The normalized spacial score (nSPS) is 12.1. The van der Waals surface area contributed by atoms with Crippen molar-refractivity contribution in [3.05, 3.63) is 108 Å². The molecule has 0 bridgehead atoms. The van der Waals surface area contributed by atoms with Crippen molar-refractivity contribution in [2.24, 2.45) is 0 Å². The molecule has 2 N–H and O–H groups in total. The molecule has 4 aromatic rings. The van der Waals surface area contributed by atoms with Gasteiger partial charge in [-0.05, 0) is 49.1 Å². The number of nitrogens with zero attached hydrogens (tertiary/aromatic N) is 2. The van der Waals surface area contributed by atoms with Crippen molar-refractivity contribution in [2.45, 2.75) is 30.7 Å². The van der Waals surface area contributed by atoms with Gasteiger partial charge in [0.1, 0.15) is 11.6 Å². The first-order valence-electron chi connectivity index (χ1n) is 11.5. The third-order valence-corrected chi connectivity index (χ3v) is 7.28. The van der Waals surface area contributed by atoms with E-state index in [0.29, 0.717) is 30.0 Å². The Hall–Kier alpha value is -4.11. The van der Waals surface area contributed by atoms with Crippen LogP contribution >= 0.6 is 0 Å². The van der Waals surface area contributed by atoms with Gasteiger partial charge < -0.3 is 14.6 Å². The zero-order valence-corrected chi connectivity index (χ0v) is 20.9. The molecule has 0 spiro atoms. The summed E-state index contributed by atoms with van der Waals surface area (Å²) < 4.78 is 35.1. The van der Waals surface area contributed by atoms with Crippen LogP contribution in [0.1, 0.15) is 29.4 Å². The van der Waals surface area contributed by atoms with Gasteiger partial charge in [0, 0.05) is 18.5 Å². The highest BCUT2D eigenvalue weighted by Crippen LogP contribution is 2.24. The van der Waals surface area contributed by atoms with E-state index in [0.717, 1.165) is 11.3 Å². The zero-order valence-electron chi connectivity index (χ0n) is 20.1. The van der Waals surface area contributed by atoms with Gasteiger partial charge >= 0.3 is 6.03 Å². The highest BCUT2D eigenvalue weighted by Gasteiger charge is 2.24. The molecule has 0 saturated carbocycles. The summed E-state index contributed by atoms with van der Waals surface area (Å²) in [6.45, 7) is 1.68. The molecule has 2 amide bonds. The maximum absolute atomic E-state index is 13.0. The largest absolute Gasteiger partial charge is 0.497 e. The Labute approximate surface area is 211 Å². The fourth-order valence-electron chi connectivity index (χ4n) is 4.00. The van der Waals surface area contributed by atoms with E-state index in [4.69, 9.17) is 4.74 Å². The third kappa shape index (κ3) is 5.92. The minimum absolute atomic E-state index is 0.0545. The molecule has 0 radical (unpaired) electrons. The summed E-state index contributed by atoms with van der Waals surface area (Å²) in [5.41, 5.74) is 2.45. The maximum Gasteiger partial charge on any atom is 0.329 e. The van der Waals surface area contributed by atoms with Gasteiger partial charge in [0.15, 0.2) is 0 Å². The Morgan fingerprint density at radius 2 is 1.78 bits per heavy atom. The second-order valence-corrected chi connectivity index (χ2v) is 9.93. The molecule has 0 unspecified atom stereocenters. The average molecular weight is 505 g/mol. The third-order valence-electron chi connectivity index (χ3n) is 5.79. The van der Waals surface area contributed by atoms with Gasteiger partial charge in [-0.15, -0.1) is 0 Å². The van der Waals surface area contributed by atoms with Crippen molar-refractivity contribution in [1.82, 2.24) is 19.6 Å². The average Bonchev–Trinajstić information content (AvgIpc) is 3.37. The molecule has 3 aromatic carbocycles. The Bertz CT molecular complexity index is 1430. The van der Waals surface area contributed by atoms with Crippen molar-refractivity contribution < 1.29 is 17.9 Å². The standard InChI is InChI=1S/C27H28N4O4S/c1-20-9-6-7-14-25(20)36(33,34)30-27(32)29-24(16-15-21-10-4-3-5-11-21)26-28-17-18-31(26)22-12-8-13-23(19-22)35-2/h3-14,17-19,24H,15-16H2,1-2H3,(H2,29,30,32)/t24-/m0/s1. The van der Waals surface area contributed by atoms with Crippen LogP contribution in [0.5, 0.6) is 5.75 Å². The number of sulfonamides is 1. The predicted octanol–water partition coefficient (Wildman–Crippen LogP) is 4.55.